The lowest BCUT2D eigenvalue weighted by Gasteiger charge is -2.11. The zero-order valence-electron chi connectivity index (χ0n) is 13.9. The molecule has 2 aromatic heterocycles. The summed E-state index contributed by atoms with van der Waals surface area (Å²) in [5, 5.41) is 13.0. The summed E-state index contributed by atoms with van der Waals surface area (Å²) in [6, 6.07) is 5.64. The molecule has 3 rings (SSSR count). The van der Waals surface area contributed by atoms with E-state index in [2.05, 4.69) is 5.32 Å². The number of rotatable bonds is 4. The molecule has 0 aliphatic carbocycles. The molecule has 9 heteroatoms. The van der Waals surface area contributed by atoms with Crippen molar-refractivity contribution in [2.45, 2.75) is 13.8 Å². The predicted molar refractivity (Wildman–Crippen MR) is 98.5 cm³/mol. The van der Waals surface area contributed by atoms with E-state index in [0.29, 0.717) is 11.3 Å². The van der Waals surface area contributed by atoms with Gasteiger partial charge < -0.3 is 4.42 Å². The molecule has 132 valence electrons. The van der Waals surface area contributed by atoms with E-state index in [1.54, 1.807) is 19.9 Å². The molecule has 1 saturated heterocycles. The Bertz CT molecular complexity index is 967. The number of thiophene rings is 1. The van der Waals surface area contributed by atoms with Gasteiger partial charge in [-0.15, -0.1) is 11.3 Å². The van der Waals surface area contributed by atoms with Crippen molar-refractivity contribution in [3.05, 3.63) is 44.2 Å². The highest BCUT2D eigenvalue weighted by atomic mass is 32.2. The number of thioether (sulfide) groups is 1. The van der Waals surface area contributed by atoms with E-state index in [0.717, 1.165) is 21.5 Å². The maximum absolute atomic E-state index is 12.4. The number of nitrogens with one attached hydrogen (secondary N) is 1. The number of hydrogen-bond donors (Lipinski definition) is 1. The van der Waals surface area contributed by atoms with E-state index in [1.807, 2.05) is 23.6 Å². The van der Waals surface area contributed by atoms with Gasteiger partial charge in [-0.25, -0.2) is 0 Å². The molecule has 0 radical (unpaired) electrons. The van der Waals surface area contributed by atoms with Crippen LogP contribution in [0.3, 0.4) is 0 Å². The fraction of sp³-hybridized carbons (Fsp3) is 0.176. The molecule has 0 spiro atoms. The van der Waals surface area contributed by atoms with Crippen LogP contribution in [0.1, 0.15) is 21.8 Å². The van der Waals surface area contributed by atoms with Crippen LogP contribution in [0.15, 0.2) is 26.8 Å². The van der Waals surface area contributed by atoms with Gasteiger partial charge in [-0.2, -0.15) is 5.26 Å². The summed E-state index contributed by atoms with van der Waals surface area (Å²) >= 11 is 2.24. The number of furan rings is 1. The highest BCUT2D eigenvalue weighted by molar-refractivity contribution is 8.18. The molecule has 0 unspecified atom stereocenters. The Morgan fingerprint density at radius 3 is 2.85 bits per heavy atom. The molecule has 3 amide bonds. The van der Waals surface area contributed by atoms with E-state index in [4.69, 9.17) is 9.68 Å². The second-order valence-corrected chi connectivity index (χ2v) is 7.40. The third-order valence-electron chi connectivity index (χ3n) is 3.74. The molecule has 2 aromatic rings. The first kappa shape index (κ1) is 18.0. The van der Waals surface area contributed by atoms with Crippen LogP contribution in [0.5, 0.6) is 0 Å². The Morgan fingerprint density at radius 2 is 2.19 bits per heavy atom. The quantitative estimate of drug-likeness (QED) is 0.805. The maximum Gasteiger partial charge on any atom is 0.294 e. The molecular weight excluding hydrogens is 374 g/mol. The smallest absolute Gasteiger partial charge is 0.294 e. The average Bonchev–Trinajstić information content (AvgIpc) is 3.26. The monoisotopic (exact) mass is 387 g/mol. The van der Waals surface area contributed by atoms with Gasteiger partial charge in [0.15, 0.2) is 0 Å². The molecule has 0 aromatic carbocycles. The first-order valence-electron chi connectivity index (χ1n) is 7.49. The Kier molecular flexibility index (Phi) is 4.97. The third-order valence-corrected chi connectivity index (χ3v) is 5.47. The molecule has 1 aliphatic heterocycles. The minimum atomic E-state index is -0.616. The Balaban J connectivity index is 1.72. The lowest BCUT2D eigenvalue weighted by Crippen LogP contribution is -2.36. The zero-order chi connectivity index (χ0) is 18.8. The number of nitriles is 1. The molecule has 1 N–H and O–H groups in total. The van der Waals surface area contributed by atoms with Gasteiger partial charge in [0, 0.05) is 10.4 Å². The normalized spacial score (nSPS) is 15.6. The van der Waals surface area contributed by atoms with Gasteiger partial charge in [-0.3, -0.25) is 24.6 Å². The van der Waals surface area contributed by atoms with Crippen LogP contribution in [0, 0.1) is 25.2 Å². The summed E-state index contributed by atoms with van der Waals surface area (Å²) in [4.78, 5) is 38.7. The number of carbonyl (C=O) groups is 3. The van der Waals surface area contributed by atoms with Crippen LogP contribution in [0.2, 0.25) is 0 Å². The van der Waals surface area contributed by atoms with Crippen molar-refractivity contribution in [3.63, 3.8) is 0 Å². The van der Waals surface area contributed by atoms with Crippen molar-refractivity contribution < 1.29 is 18.8 Å². The van der Waals surface area contributed by atoms with E-state index in [-0.39, 0.29) is 16.4 Å². The molecule has 3 heterocycles. The van der Waals surface area contributed by atoms with Crippen LogP contribution >= 0.6 is 23.1 Å². The number of imide groups is 1. The SMILES string of the molecule is Cc1oc(NC(=O)CN2C(=O)S/C(=C/c3cccs3)C2=O)c(C#N)c1C. The van der Waals surface area contributed by atoms with E-state index in [9.17, 15) is 14.4 Å². The second-order valence-electron chi connectivity index (χ2n) is 5.43. The van der Waals surface area contributed by atoms with Crippen molar-refractivity contribution in [3.8, 4) is 6.07 Å². The highest BCUT2D eigenvalue weighted by Gasteiger charge is 2.36. The molecule has 7 nitrogen and oxygen atoms in total. The van der Waals surface area contributed by atoms with E-state index < -0.39 is 23.6 Å². The van der Waals surface area contributed by atoms with Crippen molar-refractivity contribution in [2.24, 2.45) is 0 Å². The number of aryl methyl sites for hydroxylation is 1. The predicted octanol–water partition coefficient (Wildman–Crippen LogP) is 3.50. The van der Waals surface area contributed by atoms with Crippen molar-refractivity contribution >= 4 is 52.1 Å². The molecule has 1 fully saturated rings. The molecule has 26 heavy (non-hydrogen) atoms. The van der Waals surface area contributed by atoms with Crippen molar-refractivity contribution in [1.29, 1.82) is 5.26 Å². The Hall–Kier alpha value is -2.83. The fourth-order valence-electron chi connectivity index (χ4n) is 2.30. The lowest BCUT2D eigenvalue weighted by molar-refractivity contribution is -0.127. The largest absolute Gasteiger partial charge is 0.444 e. The Labute approximate surface area is 157 Å². The first-order valence-corrected chi connectivity index (χ1v) is 9.19. The topological polar surface area (TPSA) is 103 Å². The first-order chi connectivity index (χ1) is 12.4. The van der Waals surface area contributed by atoms with Gasteiger partial charge in [0.25, 0.3) is 11.1 Å². The molecule has 0 atom stereocenters. The van der Waals surface area contributed by atoms with Gasteiger partial charge in [0.05, 0.1) is 4.91 Å². The van der Waals surface area contributed by atoms with E-state index >= 15 is 0 Å². The van der Waals surface area contributed by atoms with E-state index in [1.165, 1.54) is 11.3 Å². The average molecular weight is 387 g/mol. The second kappa shape index (κ2) is 7.19. The lowest BCUT2D eigenvalue weighted by atomic mass is 10.2. The third kappa shape index (κ3) is 3.42. The molecule has 1 aliphatic rings. The number of carbonyl (C=O) groups excluding carboxylic acids is 3. The molecule has 0 saturated carbocycles. The van der Waals surface area contributed by atoms with Crippen molar-refractivity contribution in [1.82, 2.24) is 4.90 Å². The summed E-state index contributed by atoms with van der Waals surface area (Å²) in [6.07, 6.45) is 1.63. The van der Waals surface area contributed by atoms with Gasteiger partial charge in [-0.05, 0) is 43.1 Å². The van der Waals surface area contributed by atoms with Crippen LogP contribution in [-0.2, 0) is 9.59 Å². The number of nitrogens with zero attached hydrogens (tertiary/aromatic N) is 2. The summed E-state index contributed by atoms with van der Waals surface area (Å²) < 4.78 is 5.36. The minimum Gasteiger partial charge on any atom is -0.444 e. The van der Waals surface area contributed by atoms with Gasteiger partial charge in [0.1, 0.15) is 23.9 Å². The fourth-order valence-corrected chi connectivity index (χ4v) is 3.86. The van der Waals surface area contributed by atoms with Crippen LogP contribution in [0.25, 0.3) is 6.08 Å². The zero-order valence-corrected chi connectivity index (χ0v) is 15.5. The Morgan fingerprint density at radius 1 is 1.42 bits per heavy atom. The number of amides is 3. The standard InChI is InChI=1S/C17H13N3O4S2/c1-9-10(2)24-15(12(9)7-18)19-14(21)8-20-16(22)13(26-17(20)23)6-11-4-3-5-25-11/h3-6H,8H2,1-2H3,(H,19,21)/b13-6+. The van der Waals surface area contributed by atoms with Gasteiger partial charge in [-0.1, -0.05) is 6.07 Å². The summed E-state index contributed by atoms with van der Waals surface area (Å²) in [5.74, 6) is -0.596. The number of anilines is 1. The minimum absolute atomic E-state index is 0.0219. The summed E-state index contributed by atoms with van der Waals surface area (Å²) in [5.41, 5.74) is 0.857. The van der Waals surface area contributed by atoms with Crippen LogP contribution in [-0.4, -0.2) is 28.5 Å². The highest BCUT2D eigenvalue weighted by Crippen LogP contribution is 2.33. The maximum atomic E-state index is 12.4. The van der Waals surface area contributed by atoms with Crippen LogP contribution < -0.4 is 5.32 Å². The summed E-state index contributed by atoms with van der Waals surface area (Å²) in [7, 11) is 0. The molecule has 0 bridgehead atoms. The van der Waals surface area contributed by atoms with Gasteiger partial charge in [0.2, 0.25) is 11.8 Å². The summed E-state index contributed by atoms with van der Waals surface area (Å²) in [6.45, 7) is 2.94. The van der Waals surface area contributed by atoms with Crippen LogP contribution in [0.4, 0.5) is 10.7 Å². The van der Waals surface area contributed by atoms with Gasteiger partial charge >= 0.3 is 0 Å². The molecular formula is C17H13N3O4S2. The van der Waals surface area contributed by atoms with Crippen molar-refractivity contribution in [2.75, 3.05) is 11.9 Å². The number of hydrogen-bond acceptors (Lipinski definition) is 7.